The molecule has 0 aliphatic heterocycles. The molecule has 3 nitrogen and oxygen atoms in total. The minimum Gasteiger partial charge on any atom is -0.496 e. The third kappa shape index (κ3) is 3.45. The van der Waals surface area contributed by atoms with Crippen molar-refractivity contribution in [1.29, 1.82) is 0 Å². The molecule has 0 heterocycles. The van der Waals surface area contributed by atoms with Gasteiger partial charge in [0.05, 0.1) is 13.2 Å². The molecule has 1 aromatic rings. The van der Waals surface area contributed by atoms with Crippen LogP contribution in [0.15, 0.2) is 12.1 Å². The molecule has 0 fully saturated rings. The van der Waals surface area contributed by atoms with Gasteiger partial charge >= 0.3 is 0 Å². The van der Waals surface area contributed by atoms with E-state index in [0.29, 0.717) is 19.6 Å². The van der Waals surface area contributed by atoms with Gasteiger partial charge in [0.1, 0.15) is 5.75 Å². The number of benzene rings is 1. The van der Waals surface area contributed by atoms with Crippen molar-refractivity contribution < 1.29 is 14.6 Å². The standard InChI is InChI=1S/C14H22O3/c1-5-17-9-8-13(15)12-7-6-10(2)11(3)14(12)16-4/h6-7,13,15H,5,8-9H2,1-4H3. The molecule has 1 rings (SSSR count). The Balaban J connectivity index is 2.85. The molecule has 0 aliphatic carbocycles. The second-order valence-corrected chi connectivity index (χ2v) is 4.13. The van der Waals surface area contributed by atoms with Gasteiger partial charge in [0.2, 0.25) is 0 Å². The number of rotatable bonds is 6. The first-order valence-electron chi connectivity index (χ1n) is 6.01. The first kappa shape index (κ1) is 14.0. The van der Waals surface area contributed by atoms with Crippen LogP contribution in [0.5, 0.6) is 5.75 Å². The van der Waals surface area contributed by atoms with Crippen LogP contribution < -0.4 is 4.74 Å². The topological polar surface area (TPSA) is 38.7 Å². The van der Waals surface area contributed by atoms with E-state index in [0.717, 1.165) is 16.9 Å². The number of methoxy groups -OCH3 is 1. The Kier molecular flexibility index (Phi) is 5.45. The van der Waals surface area contributed by atoms with Gasteiger partial charge in [0, 0.05) is 25.2 Å². The third-order valence-corrected chi connectivity index (χ3v) is 3.01. The molecule has 0 aromatic heterocycles. The molecule has 0 saturated heterocycles. The van der Waals surface area contributed by atoms with Gasteiger partial charge in [-0.2, -0.15) is 0 Å². The predicted octanol–water partition coefficient (Wildman–Crippen LogP) is 2.77. The molecule has 0 bridgehead atoms. The number of aryl methyl sites for hydroxylation is 1. The van der Waals surface area contributed by atoms with E-state index in [4.69, 9.17) is 9.47 Å². The van der Waals surface area contributed by atoms with Crippen molar-refractivity contribution in [1.82, 2.24) is 0 Å². The summed E-state index contributed by atoms with van der Waals surface area (Å²) in [6.07, 6.45) is 0.0583. The van der Waals surface area contributed by atoms with Crippen molar-refractivity contribution in [3.8, 4) is 5.75 Å². The summed E-state index contributed by atoms with van der Waals surface area (Å²) in [6, 6.07) is 3.94. The molecule has 1 unspecified atom stereocenters. The number of ether oxygens (including phenoxy) is 2. The first-order chi connectivity index (χ1) is 8.11. The molecular formula is C14H22O3. The van der Waals surface area contributed by atoms with E-state index < -0.39 is 6.10 Å². The van der Waals surface area contributed by atoms with Crippen molar-refractivity contribution >= 4 is 0 Å². The second kappa shape index (κ2) is 6.62. The summed E-state index contributed by atoms with van der Waals surface area (Å²) < 4.78 is 10.6. The Hall–Kier alpha value is -1.06. The van der Waals surface area contributed by atoms with Crippen LogP contribution in [0, 0.1) is 13.8 Å². The number of hydrogen-bond donors (Lipinski definition) is 1. The quantitative estimate of drug-likeness (QED) is 0.774. The molecular weight excluding hydrogens is 216 g/mol. The van der Waals surface area contributed by atoms with Gasteiger partial charge in [-0.05, 0) is 31.9 Å². The van der Waals surface area contributed by atoms with Crippen LogP contribution in [0.4, 0.5) is 0 Å². The fraction of sp³-hybridized carbons (Fsp3) is 0.571. The number of aliphatic hydroxyl groups is 1. The molecule has 0 spiro atoms. The van der Waals surface area contributed by atoms with E-state index in [1.807, 2.05) is 32.9 Å². The predicted molar refractivity (Wildman–Crippen MR) is 68.5 cm³/mol. The van der Waals surface area contributed by atoms with E-state index in [9.17, 15) is 5.11 Å². The Bertz CT molecular complexity index is 361. The summed E-state index contributed by atoms with van der Waals surface area (Å²) >= 11 is 0. The van der Waals surface area contributed by atoms with Gasteiger partial charge < -0.3 is 14.6 Å². The van der Waals surface area contributed by atoms with Crippen LogP contribution in [0.2, 0.25) is 0 Å². The second-order valence-electron chi connectivity index (χ2n) is 4.13. The largest absolute Gasteiger partial charge is 0.496 e. The zero-order valence-corrected chi connectivity index (χ0v) is 11.1. The highest BCUT2D eigenvalue weighted by atomic mass is 16.5. The molecule has 1 atom stereocenters. The maximum atomic E-state index is 10.1. The van der Waals surface area contributed by atoms with Gasteiger partial charge in [0.15, 0.2) is 0 Å². The monoisotopic (exact) mass is 238 g/mol. The van der Waals surface area contributed by atoms with Gasteiger partial charge in [-0.1, -0.05) is 12.1 Å². The number of aliphatic hydroxyl groups excluding tert-OH is 1. The molecule has 1 aromatic carbocycles. The maximum absolute atomic E-state index is 10.1. The molecule has 0 aliphatic rings. The molecule has 3 heteroatoms. The summed E-state index contributed by atoms with van der Waals surface area (Å²) in [5.41, 5.74) is 3.10. The molecule has 0 saturated carbocycles. The summed E-state index contributed by atoms with van der Waals surface area (Å²) in [5.74, 6) is 0.786. The van der Waals surface area contributed by atoms with E-state index in [-0.39, 0.29) is 0 Å². The Morgan fingerprint density at radius 3 is 2.59 bits per heavy atom. The fourth-order valence-electron chi connectivity index (χ4n) is 1.84. The molecule has 17 heavy (non-hydrogen) atoms. The first-order valence-corrected chi connectivity index (χ1v) is 6.01. The zero-order valence-electron chi connectivity index (χ0n) is 11.1. The van der Waals surface area contributed by atoms with Crippen molar-refractivity contribution in [2.45, 2.75) is 33.3 Å². The average molecular weight is 238 g/mol. The lowest BCUT2D eigenvalue weighted by Crippen LogP contribution is -2.06. The van der Waals surface area contributed by atoms with Crippen molar-refractivity contribution in [3.05, 3.63) is 28.8 Å². The maximum Gasteiger partial charge on any atom is 0.127 e. The lowest BCUT2D eigenvalue weighted by Gasteiger charge is -2.17. The average Bonchev–Trinajstić information content (AvgIpc) is 2.32. The Morgan fingerprint density at radius 1 is 1.29 bits per heavy atom. The fourth-order valence-corrected chi connectivity index (χ4v) is 1.84. The van der Waals surface area contributed by atoms with Crippen LogP contribution in [0.3, 0.4) is 0 Å². The summed E-state index contributed by atoms with van der Waals surface area (Å²) in [5, 5.41) is 10.1. The highest BCUT2D eigenvalue weighted by Crippen LogP contribution is 2.32. The highest BCUT2D eigenvalue weighted by Gasteiger charge is 2.15. The Morgan fingerprint density at radius 2 is 2.00 bits per heavy atom. The van der Waals surface area contributed by atoms with E-state index in [1.54, 1.807) is 7.11 Å². The normalized spacial score (nSPS) is 12.5. The van der Waals surface area contributed by atoms with Crippen LogP contribution in [-0.2, 0) is 4.74 Å². The van der Waals surface area contributed by atoms with E-state index in [1.165, 1.54) is 5.56 Å². The lowest BCUT2D eigenvalue weighted by molar-refractivity contribution is 0.0872. The van der Waals surface area contributed by atoms with Crippen molar-refractivity contribution in [3.63, 3.8) is 0 Å². The van der Waals surface area contributed by atoms with E-state index in [2.05, 4.69) is 0 Å². The van der Waals surface area contributed by atoms with Crippen LogP contribution in [-0.4, -0.2) is 25.4 Å². The Labute approximate surface area is 103 Å². The minimum atomic E-state index is -0.532. The molecule has 0 amide bonds. The highest BCUT2D eigenvalue weighted by molar-refractivity contribution is 5.46. The SMILES string of the molecule is CCOCCC(O)c1ccc(C)c(C)c1OC. The van der Waals surface area contributed by atoms with Gasteiger partial charge in [-0.25, -0.2) is 0 Å². The summed E-state index contributed by atoms with van der Waals surface area (Å²) in [4.78, 5) is 0. The van der Waals surface area contributed by atoms with E-state index >= 15 is 0 Å². The van der Waals surface area contributed by atoms with Crippen molar-refractivity contribution in [2.24, 2.45) is 0 Å². The molecule has 96 valence electrons. The van der Waals surface area contributed by atoms with Gasteiger partial charge in [-0.3, -0.25) is 0 Å². The molecule has 1 N–H and O–H groups in total. The number of hydrogen-bond acceptors (Lipinski definition) is 3. The summed E-state index contributed by atoms with van der Waals surface area (Å²) in [7, 11) is 1.64. The van der Waals surface area contributed by atoms with Crippen LogP contribution in [0.1, 0.15) is 36.1 Å². The molecule has 0 radical (unpaired) electrons. The zero-order chi connectivity index (χ0) is 12.8. The third-order valence-electron chi connectivity index (χ3n) is 3.01. The van der Waals surface area contributed by atoms with Gasteiger partial charge in [-0.15, -0.1) is 0 Å². The van der Waals surface area contributed by atoms with Crippen LogP contribution >= 0.6 is 0 Å². The lowest BCUT2D eigenvalue weighted by atomic mass is 9.99. The summed E-state index contributed by atoms with van der Waals surface area (Å²) in [6.45, 7) is 7.23. The van der Waals surface area contributed by atoms with Crippen LogP contribution in [0.25, 0.3) is 0 Å². The van der Waals surface area contributed by atoms with Gasteiger partial charge in [0.25, 0.3) is 0 Å². The smallest absolute Gasteiger partial charge is 0.127 e. The van der Waals surface area contributed by atoms with Crippen molar-refractivity contribution in [2.75, 3.05) is 20.3 Å². The minimum absolute atomic E-state index is 0.532.